The molecule has 116 valence electrons. The van der Waals surface area contributed by atoms with Gasteiger partial charge >= 0.3 is 13.3 Å². The average Bonchev–Trinajstić information content (AvgIpc) is 2.48. The monoisotopic (exact) mass is 320 g/mol. The molecule has 0 unspecified atom stereocenters. The molecule has 0 aromatic heterocycles. The summed E-state index contributed by atoms with van der Waals surface area (Å²) >= 11 is 5.99. The molecular weight excluding hydrogens is 303 g/mol. The van der Waals surface area contributed by atoms with Crippen LogP contribution < -0.4 is 0 Å². The molecule has 2 nitrogen and oxygen atoms in total. The van der Waals surface area contributed by atoms with Crippen LogP contribution in [0.5, 0.6) is 0 Å². The molecule has 0 aliphatic carbocycles. The van der Waals surface area contributed by atoms with Gasteiger partial charge in [-0.05, 0) is 51.5 Å². The maximum atomic E-state index is 12.8. The van der Waals surface area contributed by atoms with Gasteiger partial charge in [0.2, 0.25) is 0 Å². The highest BCUT2D eigenvalue weighted by Gasteiger charge is 2.51. The lowest BCUT2D eigenvalue weighted by molar-refractivity contribution is -0.137. The van der Waals surface area contributed by atoms with E-state index in [1.807, 2.05) is 27.7 Å². The second-order valence-electron chi connectivity index (χ2n) is 6.19. The fourth-order valence-corrected chi connectivity index (χ4v) is 2.33. The predicted molar refractivity (Wildman–Crippen MR) is 76.2 cm³/mol. The standard InChI is InChI=1S/C14H17BClF3O2/c1-12(2)13(3,4)21-15(20-12)8-9-7-10(14(17,18)19)5-6-11(9)16/h5-7H,8H2,1-4H3. The van der Waals surface area contributed by atoms with Crippen LogP contribution in [0.4, 0.5) is 13.2 Å². The van der Waals surface area contributed by atoms with Gasteiger partial charge in [-0.3, -0.25) is 0 Å². The Bertz CT molecular complexity index is 528. The Hall–Kier alpha value is -0.715. The fourth-order valence-electron chi connectivity index (χ4n) is 2.14. The van der Waals surface area contributed by atoms with Crippen LogP contribution in [0.25, 0.3) is 0 Å². The summed E-state index contributed by atoms with van der Waals surface area (Å²) in [5.74, 6) is 0. The molecular formula is C14H17BClF3O2. The molecule has 2 rings (SSSR count). The number of halogens is 4. The maximum absolute atomic E-state index is 12.8. The Balaban J connectivity index is 2.22. The van der Waals surface area contributed by atoms with Crippen molar-refractivity contribution in [2.45, 2.75) is 51.4 Å². The summed E-state index contributed by atoms with van der Waals surface area (Å²) < 4.78 is 49.8. The average molecular weight is 321 g/mol. The van der Waals surface area contributed by atoms with Gasteiger partial charge in [-0.15, -0.1) is 0 Å². The molecule has 0 radical (unpaired) electrons. The van der Waals surface area contributed by atoms with E-state index in [1.54, 1.807) is 0 Å². The summed E-state index contributed by atoms with van der Waals surface area (Å²) in [6.45, 7) is 7.56. The van der Waals surface area contributed by atoms with Crippen molar-refractivity contribution < 1.29 is 22.5 Å². The first-order valence-electron chi connectivity index (χ1n) is 6.64. The first kappa shape index (κ1) is 16.7. The van der Waals surface area contributed by atoms with Crippen LogP contribution in [0.3, 0.4) is 0 Å². The molecule has 7 heteroatoms. The Morgan fingerprint density at radius 3 is 2.10 bits per heavy atom. The third kappa shape index (κ3) is 3.38. The minimum atomic E-state index is -4.39. The SMILES string of the molecule is CC1(C)OB(Cc2cc(C(F)(F)F)ccc2Cl)OC1(C)C. The predicted octanol–water partition coefficient (Wildman–Crippen LogP) is 4.53. The van der Waals surface area contributed by atoms with Gasteiger partial charge in [-0.25, -0.2) is 0 Å². The van der Waals surface area contributed by atoms with Crippen molar-refractivity contribution in [3.05, 3.63) is 34.3 Å². The lowest BCUT2D eigenvalue weighted by atomic mass is 9.80. The Morgan fingerprint density at radius 2 is 1.62 bits per heavy atom. The van der Waals surface area contributed by atoms with Crippen molar-refractivity contribution in [3.8, 4) is 0 Å². The van der Waals surface area contributed by atoms with E-state index in [0.29, 0.717) is 5.56 Å². The molecule has 0 atom stereocenters. The summed E-state index contributed by atoms with van der Waals surface area (Å²) in [5, 5.41) is 0.276. The quantitative estimate of drug-likeness (QED) is 0.745. The molecule has 0 spiro atoms. The van der Waals surface area contributed by atoms with Crippen molar-refractivity contribution >= 4 is 18.7 Å². The van der Waals surface area contributed by atoms with Gasteiger partial charge in [-0.1, -0.05) is 11.6 Å². The number of benzene rings is 1. The zero-order valence-electron chi connectivity index (χ0n) is 12.3. The Labute approximate surface area is 127 Å². The van der Waals surface area contributed by atoms with Gasteiger partial charge in [0.1, 0.15) is 0 Å². The van der Waals surface area contributed by atoms with E-state index >= 15 is 0 Å². The van der Waals surface area contributed by atoms with E-state index in [-0.39, 0.29) is 11.3 Å². The Kier molecular flexibility index (Phi) is 4.11. The molecule has 1 aliphatic rings. The fraction of sp³-hybridized carbons (Fsp3) is 0.571. The highest BCUT2D eigenvalue weighted by atomic mass is 35.5. The molecule has 1 fully saturated rings. The molecule has 0 N–H and O–H groups in total. The number of hydrogen-bond acceptors (Lipinski definition) is 2. The highest BCUT2D eigenvalue weighted by Crippen LogP contribution is 2.38. The van der Waals surface area contributed by atoms with E-state index in [9.17, 15) is 13.2 Å². The van der Waals surface area contributed by atoms with Crippen LogP contribution in [0.15, 0.2) is 18.2 Å². The maximum Gasteiger partial charge on any atom is 0.462 e. The van der Waals surface area contributed by atoms with E-state index in [1.165, 1.54) is 6.07 Å². The largest absolute Gasteiger partial charge is 0.462 e. The first-order chi connectivity index (χ1) is 9.42. The molecule has 1 heterocycles. The molecule has 1 saturated heterocycles. The smallest absolute Gasteiger partial charge is 0.403 e. The first-order valence-corrected chi connectivity index (χ1v) is 7.01. The highest BCUT2D eigenvalue weighted by molar-refractivity contribution is 6.45. The number of hydrogen-bond donors (Lipinski definition) is 0. The van der Waals surface area contributed by atoms with Crippen LogP contribution in [-0.2, 0) is 21.8 Å². The van der Waals surface area contributed by atoms with Crippen LogP contribution >= 0.6 is 11.6 Å². The molecule has 1 aliphatic heterocycles. The molecule has 1 aromatic rings. The molecule has 0 saturated carbocycles. The molecule has 1 aromatic carbocycles. The topological polar surface area (TPSA) is 18.5 Å². The van der Waals surface area contributed by atoms with Crippen molar-refractivity contribution in [2.24, 2.45) is 0 Å². The summed E-state index contributed by atoms with van der Waals surface area (Å²) in [7, 11) is -0.615. The van der Waals surface area contributed by atoms with Crippen molar-refractivity contribution in [3.63, 3.8) is 0 Å². The van der Waals surface area contributed by atoms with E-state index in [0.717, 1.165) is 12.1 Å². The van der Waals surface area contributed by atoms with Gasteiger partial charge in [0, 0.05) is 11.3 Å². The third-order valence-corrected chi connectivity index (χ3v) is 4.43. The summed E-state index contributed by atoms with van der Waals surface area (Å²) in [6.07, 6.45) is -4.22. The molecule has 21 heavy (non-hydrogen) atoms. The lowest BCUT2D eigenvalue weighted by Gasteiger charge is -2.32. The van der Waals surface area contributed by atoms with Crippen molar-refractivity contribution in [2.75, 3.05) is 0 Å². The zero-order valence-corrected chi connectivity index (χ0v) is 13.1. The second-order valence-corrected chi connectivity index (χ2v) is 6.60. The van der Waals surface area contributed by atoms with E-state index in [2.05, 4.69) is 0 Å². The van der Waals surface area contributed by atoms with Crippen molar-refractivity contribution in [1.29, 1.82) is 0 Å². The van der Waals surface area contributed by atoms with Gasteiger partial charge in [0.15, 0.2) is 0 Å². The number of alkyl halides is 3. The lowest BCUT2D eigenvalue weighted by Crippen LogP contribution is -2.41. The number of rotatable bonds is 2. The molecule has 0 bridgehead atoms. The summed E-state index contributed by atoms with van der Waals surface area (Å²) in [5.41, 5.74) is -1.40. The zero-order chi connectivity index (χ0) is 16.1. The minimum Gasteiger partial charge on any atom is -0.403 e. The van der Waals surface area contributed by atoms with Gasteiger partial charge in [-0.2, -0.15) is 13.2 Å². The van der Waals surface area contributed by atoms with Crippen LogP contribution in [0, 0.1) is 0 Å². The van der Waals surface area contributed by atoms with E-state index < -0.39 is 30.1 Å². The van der Waals surface area contributed by atoms with Crippen LogP contribution in [0.2, 0.25) is 5.02 Å². The van der Waals surface area contributed by atoms with Crippen LogP contribution in [-0.4, -0.2) is 18.3 Å². The third-order valence-electron chi connectivity index (χ3n) is 4.06. The van der Waals surface area contributed by atoms with Crippen LogP contribution in [0.1, 0.15) is 38.8 Å². The van der Waals surface area contributed by atoms with Gasteiger partial charge in [0.05, 0.1) is 16.8 Å². The Morgan fingerprint density at radius 1 is 1.10 bits per heavy atom. The second kappa shape index (κ2) is 5.18. The summed E-state index contributed by atoms with van der Waals surface area (Å²) in [6, 6.07) is 3.27. The van der Waals surface area contributed by atoms with Gasteiger partial charge in [0.25, 0.3) is 0 Å². The normalized spacial score (nSPS) is 20.9. The minimum absolute atomic E-state index is 0.176. The van der Waals surface area contributed by atoms with E-state index in [4.69, 9.17) is 20.9 Å². The molecule has 0 amide bonds. The summed E-state index contributed by atoms with van der Waals surface area (Å²) in [4.78, 5) is 0. The van der Waals surface area contributed by atoms with Gasteiger partial charge < -0.3 is 9.31 Å². The van der Waals surface area contributed by atoms with Crippen molar-refractivity contribution in [1.82, 2.24) is 0 Å².